The van der Waals surface area contributed by atoms with E-state index < -0.39 is 11.9 Å². The van der Waals surface area contributed by atoms with Gasteiger partial charge in [-0.2, -0.15) is 0 Å². The molecule has 0 amide bonds. The lowest BCUT2D eigenvalue weighted by atomic mass is 10.3. The van der Waals surface area contributed by atoms with E-state index in [4.69, 9.17) is 0 Å². The zero-order chi connectivity index (χ0) is 12.4. The first kappa shape index (κ1) is 14.4. The van der Waals surface area contributed by atoms with Crippen LogP contribution >= 0.6 is 0 Å². The molecule has 0 bridgehead atoms. The average molecular weight is 232 g/mol. The standard InChI is InChI=1S/C6H10O4.C4H6O2/c1-9-5(7)3-4-6(8)10-2;5-4-2-1-3-6-4/h3-4H2,1-2H3;1-3H2. The highest BCUT2D eigenvalue weighted by Crippen LogP contribution is 2.01. The number of rotatable bonds is 3. The van der Waals surface area contributed by atoms with Crippen molar-refractivity contribution in [3.05, 3.63) is 0 Å². The van der Waals surface area contributed by atoms with E-state index >= 15 is 0 Å². The summed E-state index contributed by atoms with van der Waals surface area (Å²) in [6.07, 6.45) is 1.71. The van der Waals surface area contributed by atoms with Gasteiger partial charge in [0, 0.05) is 6.42 Å². The molecule has 6 heteroatoms. The van der Waals surface area contributed by atoms with Gasteiger partial charge in [0.05, 0.1) is 33.7 Å². The van der Waals surface area contributed by atoms with Gasteiger partial charge in [0.15, 0.2) is 0 Å². The van der Waals surface area contributed by atoms with E-state index in [0.717, 1.165) is 6.42 Å². The van der Waals surface area contributed by atoms with Crippen molar-refractivity contribution in [2.45, 2.75) is 25.7 Å². The van der Waals surface area contributed by atoms with Crippen LogP contribution in [-0.2, 0) is 28.6 Å². The maximum absolute atomic E-state index is 10.4. The number of esters is 3. The SMILES string of the molecule is COC(=O)CCC(=O)OC.O=C1CCCO1. The summed E-state index contributed by atoms with van der Waals surface area (Å²) >= 11 is 0. The summed E-state index contributed by atoms with van der Waals surface area (Å²) in [4.78, 5) is 30.8. The minimum Gasteiger partial charge on any atom is -0.469 e. The minimum absolute atomic E-state index is 0.0463. The molecule has 0 aliphatic carbocycles. The zero-order valence-corrected chi connectivity index (χ0v) is 9.49. The third kappa shape index (κ3) is 7.78. The van der Waals surface area contributed by atoms with Crippen molar-refractivity contribution in [1.82, 2.24) is 0 Å². The zero-order valence-electron chi connectivity index (χ0n) is 9.49. The van der Waals surface area contributed by atoms with Gasteiger partial charge in [0.25, 0.3) is 0 Å². The second-order valence-corrected chi connectivity index (χ2v) is 2.98. The normalized spacial score (nSPS) is 13.2. The summed E-state index contributed by atoms with van der Waals surface area (Å²) in [7, 11) is 2.55. The molecule has 1 fully saturated rings. The lowest BCUT2D eigenvalue weighted by Gasteiger charge is -1.96. The number of carbonyl (C=O) groups is 3. The monoisotopic (exact) mass is 232 g/mol. The predicted octanol–water partition coefficient (Wildman–Crippen LogP) is 0.436. The average Bonchev–Trinajstić information content (AvgIpc) is 2.77. The summed E-state index contributed by atoms with van der Waals surface area (Å²) in [6.45, 7) is 0.638. The van der Waals surface area contributed by atoms with Gasteiger partial charge in [-0.05, 0) is 6.42 Å². The van der Waals surface area contributed by atoms with Crippen molar-refractivity contribution < 1.29 is 28.6 Å². The summed E-state index contributed by atoms with van der Waals surface area (Å²) in [5.41, 5.74) is 0. The Bertz CT molecular complexity index is 224. The van der Waals surface area contributed by atoms with E-state index in [-0.39, 0.29) is 18.8 Å². The fourth-order valence-corrected chi connectivity index (χ4v) is 0.883. The Morgan fingerprint density at radius 1 is 1.19 bits per heavy atom. The molecule has 0 unspecified atom stereocenters. The molecule has 0 spiro atoms. The number of cyclic esters (lactones) is 1. The topological polar surface area (TPSA) is 78.9 Å². The quantitative estimate of drug-likeness (QED) is 0.518. The van der Waals surface area contributed by atoms with E-state index in [1.54, 1.807) is 0 Å². The van der Waals surface area contributed by atoms with Crippen LogP contribution in [0.2, 0.25) is 0 Å². The second-order valence-electron chi connectivity index (χ2n) is 2.98. The molecule has 1 rings (SSSR count). The molecule has 0 saturated carbocycles. The predicted molar refractivity (Wildman–Crippen MR) is 53.5 cm³/mol. The van der Waals surface area contributed by atoms with Gasteiger partial charge in [0.2, 0.25) is 0 Å². The van der Waals surface area contributed by atoms with E-state index in [9.17, 15) is 14.4 Å². The van der Waals surface area contributed by atoms with Crippen molar-refractivity contribution in [2.75, 3.05) is 20.8 Å². The molecule has 1 aliphatic heterocycles. The first-order valence-corrected chi connectivity index (χ1v) is 4.89. The molecule has 1 aliphatic rings. The molecular formula is C10H16O6. The van der Waals surface area contributed by atoms with Crippen LogP contribution in [0.15, 0.2) is 0 Å². The molecule has 16 heavy (non-hydrogen) atoms. The smallest absolute Gasteiger partial charge is 0.306 e. The molecule has 6 nitrogen and oxygen atoms in total. The molecule has 1 heterocycles. The van der Waals surface area contributed by atoms with Gasteiger partial charge in [-0.25, -0.2) is 0 Å². The van der Waals surface area contributed by atoms with E-state index in [1.807, 2.05) is 0 Å². The molecule has 0 radical (unpaired) electrons. The fraction of sp³-hybridized carbons (Fsp3) is 0.700. The number of ether oxygens (including phenoxy) is 3. The summed E-state index contributed by atoms with van der Waals surface area (Å²) < 4.78 is 13.1. The maximum Gasteiger partial charge on any atom is 0.306 e. The van der Waals surface area contributed by atoms with Gasteiger partial charge in [-0.1, -0.05) is 0 Å². The molecule has 0 N–H and O–H groups in total. The van der Waals surface area contributed by atoms with Gasteiger partial charge in [-0.3, -0.25) is 14.4 Å². The number of methoxy groups -OCH3 is 2. The Morgan fingerprint density at radius 3 is 1.88 bits per heavy atom. The third-order valence-electron chi connectivity index (χ3n) is 1.78. The van der Waals surface area contributed by atoms with Gasteiger partial charge >= 0.3 is 17.9 Å². The van der Waals surface area contributed by atoms with Crippen LogP contribution in [0.3, 0.4) is 0 Å². The van der Waals surface area contributed by atoms with Crippen LogP contribution in [-0.4, -0.2) is 38.7 Å². The molecule has 0 aromatic carbocycles. The first-order chi connectivity index (χ1) is 7.60. The van der Waals surface area contributed by atoms with Crippen LogP contribution in [0.1, 0.15) is 25.7 Å². The summed E-state index contributed by atoms with van der Waals surface area (Å²) in [5, 5.41) is 0. The Balaban J connectivity index is 0.000000315. The number of carbonyl (C=O) groups excluding carboxylic acids is 3. The molecule has 0 aromatic heterocycles. The van der Waals surface area contributed by atoms with E-state index in [0.29, 0.717) is 13.0 Å². The first-order valence-electron chi connectivity index (χ1n) is 4.89. The minimum atomic E-state index is -0.398. The third-order valence-corrected chi connectivity index (χ3v) is 1.78. The fourth-order valence-electron chi connectivity index (χ4n) is 0.883. The molecule has 0 aromatic rings. The lowest BCUT2D eigenvalue weighted by molar-refractivity contribution is -0.147. The Labute approximate surface area is 93.8 Å². The Morgan fingerprint density at radius 2 is 1.69 bits per heavy atom. The highest BCUT2D eigenvalue weighted by atomic mass is 16.5. The van der Waals surface area contributed by atoms with Crippen molar-refractivity contribution in [2.24, 2.45) is 0 Å². The van der Waals surface area contributed by atoms with Crippen LogP contribution in [0, 0.1) is 0 Å². The highest BCUT2D eigenvalue weighted by molar-refractivity contribution is 5.77. The van der Waals surface area contributed by atoms with Crippen molar-refractivity contribution in [3.63, 3.8) is 0 Å². The van der Waals surface area contributed by atoms with Crippen LogP contribution < -0.4 is 0 Å². The van der Waals surface area contributed by atoms with Crippen LogP contribution in [0.4, 0.5) is 0 Å². The Kier molecular flexibility index (Phi) is 7.83. The van der Waals surface area contributed by atoms with Crippen LogP contribution in [0.5, 0.6) is 0 Å². The number of hydrogen-bond donors (Lipinski definition) is 0. The number of hydrogen-bond acceptors (Lipinski definition) is 6. The van der Waals surface area contributed by atoms with E-state index in [1.165, 1.54) is 14.2 Å². The summed E-state index contributed by atoms with van der Waals surface area (Å²) in [5.74, 6) is -0.842. The van der Waals surface area contributed by atoms with Crippen molar-refractivity contribution in [1.29, 1.82) is 0 Å². The van der Waals surface area contributed by atoms with Gasteiger partial charge in [0.1, 0.15) is 0 Å². The molecule has 0 atom stereocenters. The molecule has 1 saturated heterocycles. The Hall–Kier alpha value is -1.59. The van der Waals surface area contributed by atoms with Gasteiger partial charge in [-0.15, -0.1) is 0 Å². The van der Waals surface area contributed by atoms with Crippen molar-refractivity contribution in [3.8, 4) is 0 Å². The highest BCUT2D eigenvalue weighted by Gasteiger charge is 2.08. The van der Waals surface area contributed by atoms with Crippen LogP contribution in [0.25, 0.3) is 0 Å². The molecular weight excluding hydrogens is 216 g/mol. The maximum atomic E-state index is 10.4. The second kappa shape index (κ2) is 8.70. The lowest BCUT2D eigenvalue weighted by Crippen LogP contribution is -2.06. The molecule has 92 valence electrons. The van der Waals surface area contributed by atoms with E-state index in [2.05, 4.69) is 14.2 Å². The van der Waals surface area contributed by atoms with Gasteiger partial charge < -0.3 is 14.2 Å². The largest absolute Gasteiger partial charge is 0.469 e. The summed E-state index contributed by atoms with van der Waals surface area (Å²) in [6, 6.07) is 0. The van der Waals surface area contributed by atoms with Crippen molar-refractivity contribution >= 4 is 17.9 Å².